The molecule has 1 aliphatic heterocycles. The SMILES string of the molecule is O=S(=O)(c1ccccn1)N1CCc2c1cccc2C(F)(F)F. The molecule has 0 unspecified atom stereocenters. The largest absolute Gasteiger partial charge is 0.416 e. The number of nitrogens with zero attached hydrogens (tertiary/aromatic N) is 2. The smallest absolute Gasteiger partial charge is 0.264 e. The van der Waals surface area contributed by atoms with Gasteiger partial charge in [0.15, 0.2) is 5.03 Å². The third kappa shape index (κ3) is 2.33. The summed E-state index contributed by atoms with van der Waals surface area (Å²) in [4.78, 5) is 3.79. The van der Waals surface area contributed by atoms with Crippen LogP contribution in [-0.2, 0) is 22.6 Å². The van der Waals surface area contributed by atoms with E-state index in [0.29, 0.717) is 0 Å². The maximum Gasteiger partial charge on any atom is 0.416 e. The van der Waals surface area contributed by atoms with Crippen molar-refractivity contribution >= 4 is 15.7 Å². The maximum atomic E-state index is 13.0. The zero-order chi connectivity index (χ0) is 16.0. The van der Waals surface area contributed by atoms with Crippen molar-refractivity contribution in [2.75, 3.05) is 10.8 Å². The van der Waals surface area contributed by atoms with Gasteiger partial charge >= 0.3 is 6.18 Å². The van der Waals surface area contributed by atoms with Gasteiger partial charge in [0.1, 0.15) is 0 Å². The van der Waals surface area contributed by atoms with Crippen LogP contribution in [0.5, 0.6) is 0 Å². The number of alkyl halides is 3. The fourth-order valence-electron chi connectivity index (χ4n) is 2.53. The summed E-state index contributed by atoms with van der Waals surface area (Å²) in [5, 5.41) is -0.180. The normalized spacial score (nSPS) is 15.0. The average molecular weight is 328 g/mol. The summed E-state index contributed by atoms with van der Waals surface area (Å²) in [6.07, 6.45) is -3.15. The van der Waals surface area contributed by atoms with E-state index in [2.05, 4.69) is 4.98 Å². The molecule has 0 saturated carbocycles. The van der Waals surface area contributed by atoms with Gasteiger partial charge in [-0.25, -0.2) is 4.98 Å². The number of benzene rings is 1. The molecule has 0 N–H and O–H groups in total. The molecule has 116 valence electrons. The lowest BCUT2D eigenvalue weighted by Gasteiger charge is -2.19. The van der Waals surface area contributed by atoms with E-state index in [-0.39, 0.29) is 29.2 Å². The molecule has 2 heterocycles. The molecule has 2 aromatic rings. The number of hydrogen-bond acceptors (Lipinski definition) is 3. The minimum Gasteiger partial charge on any atom is -0.264 e. The average Bonchev–Trinajstić information content (AvgIpc) is 2.91. The van der Waals surface area contributed by atoms with E-state index in [1.807, 2.05) is 0 Å². The monoisotopic (exact) mass is 328 g/mol. The van der Waals surface area contributed by atoms with E-state index in [4.69, 9.17) is 0 Å². The molecule has 0 aliphatic carbocycles. The van der Waals surface area contributed by atoms with E-state index in [1.54, 1.807) is 6.07 Å². The number of anilines is 1. The van der Waals surface area contributed by atoms with Crippen molar-refractivity contribution in [3.05, 3.63) is 53.7 Å². The van der Waals surface area contributed by atoms with Crippen LogP contribution in [0.15, 0.2) is 47.6 Å². The van der Waals surface area contributed by atoms with Gasteiger partial charge in [-0.2, -0.15) is 21.6 Å². The molecule has 0 spiro atoms. The van der Waals surface area contributed by atoms with Crippen molar-refractivity contribution in [2.24, 2.45) is 0 Å². The van der Waals surface area contributed by atoms with Gasteiger partial charge in [0.2, 0.25) is 0 Å². The number of halogens is 3. The Kier molecular flexibility index (Phi) is 3.36. The van der Waals surface area contributed by atoms with Crippen molar-refractivity contribution in [1.29, 1.82) is 0 Å². The summed E-state index contributed by atoms with van der Waals surface area (Å²) < 4.78 is 65.1. The van der Waals surface area contributed by atoms with Crippen molar-refractivity contribution in [3.63, 3.8) is 0 Å². The third-order valence-corrected chi connectivity index (χ3v) is 5.21. The summed E-state index contributed by atoms with van der Waals surface area (Å²) >= 11 is 0. The number of hydrogen-bond donors (Lipinski definition) is 0. The quantitative estimate of drug-likeness (QED) is 0.852. The van der Waals surface area contributed by atoms with Crippen LogP contribution in [0.2, 0.25) is 0 Å². The van der Waals surface area contributed by atoms with Crippen LogP contribution in [0.3, 0.4) is 0 Å². The molecule has 1 aromatic heterocycles. The molecule has 1 aromatic carbocycles. The second-order valence-corrected chi connectivity index (χ2v) is 6.61. The second kappa shape index (κ2) is 4.98. The first-order valence-corrected chi connectivity index (χ1v) is 7.88. The summed E-state index contributed by atoms with van der Waals surface area (Å²) in [5.74, 6) is 0. The van der Waals surface area contributed by atoms with Crippen molar-refractivity contribution in [3.8, 4) is 0 Å². The van der Waals surface area contributed by atoms with Gasteiger partial charge in [0.05, 0.1) is 11.3 Å². The van der Waals surface area contributed by atoms with E-state index in [9.17, 15) is 21.6 Å². The van der Waals surface area contributed by atoms with Crippen LogP contribution < -0.4 is 4.31 Å². The second-order valence-electron chi connectivity index (χ2n) is 4.80. The maximum absolute atomic E-state index is 13.0. The minimum absolute atomic E-state index is 0.00880. The zero-order valence-corrected chi connectivity index (χ0v) is 12.0. The predicted molar refractivity (Wildman–Crippen MR) is 73.9 cm³/mol. The van der Waals surface area contributed by atoms with E-state index >= 15 is 0 Å². The van der Waals surface area contributed by atoms with Gasteiger partial charge in [-0.3, -0.25) is 4.31 Å². The minimum atomic E-state index is -4.50. The van der Waals surface area contributed by atoms with Crippen molar-refractivity contribution < 1.29 is 21.6 Å². The van der Waals surface area contributed by atoms with Crippen LogP contribution in [0.25, 0.3) is 0 Å². The fraction of sp³-hybridized carbons (Fsp3) is 0.214. The lowest BCUT2D eigenvalue weighted by molar-refractivity contribution is -0.138. The lowest BCUT2D eigenvalue weighted by atomic mass is 10.0. The molecular formula is C14H11F3N2O2S. The molecule has 1 aliphatic rings. The topological polar surface area (TPSA) is 50.3 Å². The predicted octanol–water partition coefficient (Wildman–Crippen LogP) is 2.85. The highest BCUT2D eigenvalue weighted by molar-refractivity contribution is 7.92. The molecule has 0 saturated heterocycles. The Bertz CT molecular complexity index is 805. The number of fused-ring (bicyclic) bond motifs is 1. The fourth-order valence-corrected chi connectivity index (χ4v) is 3.96. The first kappa shape index (κ1) is 14.8. The summed E-state index contributed by atoms with van der Waals surface area (Å²) in [6.45, 7) is -0.0265. The summed E-state index contributed by atoms with van der Waals surface area (Å²) in [5.41, 5.74) is -0.710. The van der Waals surface area contributed by atoms with Gasteiger partial charge in [-0.1, -0.05) is 12.1 Å². The first-order valence-electron chi connectivity index (χ1n) is 6.44. The molecule has 22 heavy (non-hydrogen) atoms. The zero-order valence-electron chi connectivity index (χ0n) is 11.2. The van der Waals surface area contributed by atoms with Crippen molar-refractivity contribution in [1.82, 2.24) is 4.98 Å². The molecule has 3 rings (SSSR count). The van der Waals surface area contributed by atoms with Gasteiger partial charge in [-0.15, -0.1) is 0 Å². The molecule has 0 radical (unpaired) electrons. The lowest BCUT2D eigenvalue weighted by Crippen LogP contribution is -2.29. The molecule has 4 nitrogen and oxygen atoms in total. The third-order valence-electron chi connectivity index (χ3n) is 3.48. The van der Waals surface area contributed by atoms with Crippen LogP contribution in [-0.4, -0.2) is 19.9 Å². The highest BCUT2D eigenvalue weighted by Gasteiger charge is 2.39. The van der Waals surface area contributed by atoms with Crippen LogP contribution >= 0.6 is 0 Å². The Morgan fingerprint density at radius 2 is 1.86 bits per heavy atom. The highest BCUT2D eigenvalue weighted by Crippen LogP contribution is 2.41. The Hall–Kier alpha value is -2.09. The van der Waals surface area contributed by atoms with Gasteiger partial charge in [-0.05, 0) is 36.2 Å². The summed E-state index contributed by atoms with van der Waals surface area (Å²) in [7, 11) is -3.96. The number of pyridine rings is 1. The summed E-state index contributed by atoms with van der Waals surface area (Å²) in [6, 6.07) is 7.98. The number of sulfonamides is 1. The molecule has 0 bridgehead atoms. The van der Waals surface area contributed by atoms with Crippen LogP contribution in [0, 0.1) is 0 Å². The highest BCUT2D eigenvalue weighted by atomic mass is 32.2. The first-order chi connectivity index (χ1) is 10.3. The molecule has 0 amide bonds. The van der Waals surface area contributed by atoms with Gasteiger partial charge < -0.3 is 0 Å². The molecule has 8 heteroatoms. The Morgan fingerprint density at radius 3 is 2.50 bits per heavy atom. The van der Waals surface area contributed by atoms with Crippen LogP contribution in [0.1, 0.15) is 11.1 Å². The standard InChI is InChI=1S/C14H11F3N2O2S/c15-14(16,17)11-4-3-5-12-10(11)7-9-19(12)22(20,21)13-6-1-2-8-18-13/h1-6,8H,7,9H2. The number of aromatic nitrogens is 1. The molecule has 0 fully saturated rings. The molecule has 0 atom stereocenters. The van der Waals surface area contributed by atoms with E-state index in [0.717, 1.165) is 10.4 Å². The van der Waals surface area contributed by atoms with E-state index < -0.39 is 21.8 Å². The Balaban J connectivity index is 2.10. The van der Waals surface area contributed by atoms with Gasteiger partial charge in [0.25, 0.3) is 10.0 Å². The Morgan fingerprint density at radius 1 is 1.09 bits per heavy atom. The molecular weight excluding hydrogens is 317 g/mol. The Labute approximate surface area is 125 Å². The van der Waals surface area contributed by atoms with Crippen LogP contribution in [0.4, 0.5) is 18.9 Å². The van der Waals surface area contributed by atoms with Gasteiger partial charge in [0, 0.05) is 12.7 Å². The van der Waals surface area contributed by atoms with Crippen molar-refractivity contribution in [2.45, 2.75) is 17.6 Å². The van der Waals surface area contributed by atoms with E-state index in [1.165, 1.54) is 30.5 Å². The number of rotatable bonds is 2.